The summed E-state index contributed by atoms with van der Waals surface area (Å²) in [5.41, 5.74) is 4.08. The van der Waals surface area contributed by atoms with Crippen LogP contribution in [0.3, 0.4) is 0 Å². The van der Waals surface area contributed by atoms with E-state index in [-0.39, 0.29) is 0 Å². The Morgan fingerprint density at radius 1 is 0.783 bits per heavy atom. The summed E-state index contributed by atoms with van der Waals surface area (Å²) < 4.78 is 5.28. The minimum absolute atomic E-state index is 0.538. The Hall–Kier alpha value is -1.96. The van der Waals surface area contributed by atoms with Crippen molar-refractivity contribution in [2.24, 2.45) is 0 Å². The van der Waals surface area contributed by atoms with Gasteiger partial charge in [-0.15, -0.1) is 0 Å². The number of nitrogens with zero attached hydrogens (tertiary/aromatic N) is 1. The van der Waals surface area contributed by atoms with Gasteiger partial charge < -0.3 is 9.64 Å². The second kappa shape index (κ2) is 8.05. The minimum atomic E-state index is 0.538. The van der Waals surface area contributed by atoms with E-state index in [0.29, 0.717) is 11.8 Å². The molecular weight excluding hydrogens is 282 g/mol. The van der Waals surface area contributed by atoms with Crippen LogP contribution in [0, 0.1) is 0 Å². The molecule has 2 atom stereocenters. The molecule has 0 saturated carbocycles. The molecule has 2 heteroatoms. The van der Waals surface area contributed by atoms with E-state index in [9.17, 15) is 0 Å². The molecule has 0 saturated heterocycles. The first-order chi connectivity index (χ1) is 11.1. The van der Waals surface area contributed by atoms with Gasteiger partial charge in [0.25, 0.3) is 0 Å². The Kier molecular flexibility index (Phi) is 6.09. The summed E-state index contributed by atoms with van der Waals surface area (Å²) in [6.07, 6.45) is 2.28. The zero-order chi connectivity index (χ0) is 16.8. The highest BCUT2D eigenvalue weighted by molar-refractivity contribution is 5.47. The maximum Gasteiger partial charge on any atom is 0.118 e. The van der Waals surface area contributed by atoms with Gasteiger partial charge in [0.15, 0.2) is 0 Å². The van der Waals surface area contributed by atoms with Gasteiger partial charge in [-0.25, -0.2) is 0 Å². The molecule has 2 unspecified atom stereocenters. The van der Waals surface area contributed by atoms with Crippen molar-refractivity contribution in [1.29, 1.82) is 0 Å². The van der Waals surface area contributed by atoms with Crippen LogP contribution in [0.4, 0.5) is 5.69 Å². The molecule has 0 aromatic heterocycles. The van der Waals surface area contributed by atoms with Crippen LogP contribution < -0.4 is 9.64 Å². The molecule has 124 valence electrons. The van der Waals surface area contributed by atoms with Crippen LogP contribution in [0.2, 0.25) is 0 Å². The van der Waals surface area contributed by atoms with Crippen molar-refractivity contribution in [2.75, 3.05) is 26.1 Å². The highest BCUT2D eigenvalue weighted by atomic mass is 16.5. The standard InChI is InChI=1S/C21H29NO/c1-6-20(16-8-12-18(13-9-16)22(3)4)21(7-2)17-10-14-19(23-5)15-11-17/h8-15,20-21H,6-7H2,1-5H3. The van der Waals surface area contributed by atoms with E-state index < -0.39 is 0 Å². The van der Waals surface area contributed by atoms with Gasteiger partial charge in [-0.3, -0.25) is 0 Å². The van der Waals surface area contributed by atoms with E-state index in [1.807, 2.05) is 0 Å². The van der Waals surface area contributed by atoms with Crippen molar-refractivity contribution in [3.8, 4) is 5.75 Å². The number of ether oxygens (including phenoxy) is 1. The van der Waals surface area contributed by atoms with Gasteiger partial charge in [0.1, 0.15) is 5.75 Å². The molecule has 0 spiro atoms. The largest absolute Gasteiger partial charge is 0.497 e. The molecule has 0 radical (unpaired) electrons. The Labute approximate surface area is 141 Å². The summed E-state index contributed by atoms with van der Waals surface area (Å²) in [5, 5.41) is 0. The van der Waals surface area contributed by atoms with Crippen molar-refractivity contribution in [3.05, 3.63) is 59.7 Å². The third-order valence-corrected chi connectivity index (χ3v) is 4.75. The molecule has 0 aliphatic heterocycles. The number of methoxy groups -OCH3 is 1. The lowest BCUT2D eigenvalue weighted by Gasteiger charge is -2.27. The van der Waals surface area contributed by atoms with Gasteiger partial charge in [-0.05, 0) is 60.1 Å². The third kappa shape index (κ3) is 4.07. The van der Waals surface area contributed by atoms with Crippen LogP contribution in [0.25, 0.3) is 0 Å². The monoisotopic (exact) mass is 311 g/mol. The minimum Gasteiger partial charge on any atom is -0.497 e. The highest BCUT2D eigenvalue weighted by Crippen LogP contribution is 2.38. The smallest absolute Gasteiger partial charge is 0.118 e. The fourth-order valence-corrected chi connectivity index (χ4v) is 3.38. The SMILES string of the molecule is CCC(c1ccc(OC)cc1)C(CC)c1ccc(N(C)C)cc1. The van der Waals surface area contributed by atoms with E-state index in [2.05, 4.69) is 81.4 Å². The maximum absolute atomic E-state index is 5.28. The van der Waals surface area contributed by atoms with Gasteiger partial charge in [0.2, 0.25) is 0 Å². The molecule has 2 nitrogen and oxygen atoms in total. The van der Waals surface area contributed by atoms with E-state index in [4.69, 9.17) is 4.74 Å². The van der Waals surface area contributed by atoms with Gasteiger partial charge in [0.05, 0.1) is 7.11 Å². The van der Waals surface area contributed by atoms with Gasteiger partial charge in [-0.2, -0.15) is 0 Å². The molecule has 0 N–H and O–H groups in total. The second-order valence-corrected chi connectivity index (χ2v) is 6.29. The normalized spacial score (nSPS) is 13.4. The lowest BCUT2D eigenvalue weighted by atomic mass is 9.78. The first-order valence-corrected chi connectivity index (χ1v) is 8.51. The number of rotatable bonds is 7. The summed E-state index contributed by atoms with van der Waals surface area (Å²) >= 11 is 0. The zero-order valence-corrected chi connectivity index (χ0v) is 15.0. The molecule has 0 bridgehead atoms. The zero-order valence-electron chi connectivity index (χ0n) is 15.0. The Morgan fingerprint density at radius 2 is 1.22 bits per heavy atom. The molecule has 2 rings (SSSR count). The molecule has 2 aromatic carbocycles. The van der Waals surface area contributed by atoms with Crippen molar-refractivity contribution in [3.63, 3.8) is 0 Å². The molecule has 23 heavy (non-hydrogen) atoms. The van der Waals surface area contributed by atoms with Crippen LogP contribution >= 0.6 is 0 Å². The van der Waals surface area contributed by atoms with Crippen molar-refractivity contribution in [1.82, 2.24) is 0 Å². The molecule has 0 aliphatic carbocycles. The van der Waals surface area contributed by atoms with Crippen LogP contribution in [-0.4, -0.2) is 21.2 Å². The van der Waals surface area contributed by atoms with Crippen LogP contribution in [0.15, 0.2) is 48.5 Å². The third-order valence-electron chi connectivity index (χ3n) is 4.75. The van der Waals surface area contributed by atoms with Crippen molar-refractivity contribution < 1.29 is 4.74 Å². The quantitative estimate of drug-likeness (QED) is 0.674. The second-order valence-electron chi connectivity index (χ2n) is 6.29. The summed E-state index contributed by atoms with van der Waals surface area (Å²) in [7, 11) is 5.88. The lowest BCUT2D eigenvalue weighted by Crippen LogP contribution is -2.12. The molecule has 0 heterocycles. The van der Waals surface area contributed by atoms with Gasteiger partial charge >= 0.3 is 0 Å². The predicted molar refractivity (Wildman–Crippen MR) is 99.8 cm³/mol. The van der Waals surface area contributed by atoms with E-state index in [1.165, 1.54) is 16.8 Å². The Balaban J connectivity index is 2.28. The number of hydrogen-bond donors (Lipinski definition) is 0. The number of hydrogen-bond acceptors (Lipinski definition) is 2. The Bertz CT molecular complexity index is 586. The fourth-order valence-electron chi connectivity index (χ4n) is 3.38. The first-order valence-electron chi connectivity index (χ1n) is 8.51. The van der Waals surface area contributed by atoms with E-state index in [1.54, 1.807) is 7.11 Å². The molecule has 0 amide bonds. The average Bonchev–Trinajstić information content (AvgIpc) is 2.60. The fraction of sp³-hybridized carbons (Fsp3) is 0.429. The predicted octanol–water partition coefficient (Wildman–Crippen LogP) is 5.45. The lowest BCUT2D eigenvalue weighted by molar-refractivity contribution is 0.414. The van der Waals surface area contributed by atoms with E-state index >= 15 is 0 Å². The molecule has 2 aromatic rings. The Morgan fingerprint density at radius 3 is 1.57 bits per heavy atom. The van der Waals surface area contributed by atoms with Gasteiger partial charge in [-0.1, -0.05) is 38.1 Å². The number of anilines is 1. The van der Waals surface area contributed by atoms with Gasteiger partial charge in [0, 0.05) is 19.8 Å². The summed E-state index contributed by atoms with van der Waals surface area (Å²) in [5.74, 6) is 2.01. The van der Waals surface area contributed by atoms with E-state index in [0.717, 1.165) is 18.6 Å². The highest BCUT2D eigenvalue weighted by Gasteiger charge is 2.22. The van der Waals surface area contributed by atoms with Crippen LogP contribution in [0.5, 0.6) is 5.75 Å². The summed E-state index contributed by atoms with van der Waals surface area (Å²) in [6.45, 7) is 4.57. The first kappa shape index (κ1) is 17.4. The van der Waals surface area contributed by atoms with Crippen molar-refractivity contribution >= 4 is 5.69 Å². The van der Waals surface area contributed by atoms with Crippen LogP contribution in [-0.2, 0) is 0 Å². The maximum atomic E-state index is 5.28. The molecule has 0 aliphatic rings. The average molecular weight is 311 g/mol. The topological polar surface area (TPSA) is 12.5 Å². The van der Waals surface area contributed by atoms with Crippen LogP contribution in [0.1, 0.15) is 49.7 Å². The summed E-state index contributed by atoms with van der Waals surface area (Å²) in [6, 6.07) is 17.6. The number of benzene rings is 2. The summed E-state index contributed by atoms with van der Waals surface area (Å²) in [4.78, 5) is 2.14. The molecular formula is C21H29NO. The van der Waals surface area contributed by atoms with Crippen molar-refractivity contribution in [2.45, 2.75) is 38.5 Å². The molecule has 0 fully saturated rings.